The van der Waals surface area contributed by atoms with Gasteiger partial charge in [0, 0.05) is 6.54 Å². The smallest absolute Gasteiger partial charge is 0.232 e. The minimum absolute atomic E-state index is 0.0168. The van der Waals surface area contributed by atoms with Crippen molar-refractivity contribution < 1.29 is 14.1 Å². The summed E-state index contributed by atoms with van der Waals surface area (Å²) >= 11 is 0. The molecule has 1 N–H and O–H groups in total. The van der Waals surface area contributed by atoms with Gasteiger partial charge in [0.15, 0.2) is 0 Å². The Morgan fingerprint density at radius 2 is 1.71 bits per heavy atom. The molecule has 1 atom stereocenters. The minimum atomic E-state index is -0.362. The fourth-order valence-electron chi connectivity index (χ4n) is 4.13. The SMILES string of the molecule is Cc1ccc(C(C(=O)NCc2ccc(OCc3c(C)noc3C)cc2)c2ccccc2)c(C)c1. The van der Waals surface area contributed by atoms with Crippen LogP contribution < -0.4 is 10.1 Å². The van der Waals surface area contributed by atoms with E-state index in [1.165, 1.54) is 5.56 Å². The van der Waals surface area contributed by atoms with Crippen LogP contribution in [0.4, 0.5) is 0 Å². The standard InChI is InChI=1S/C29H30N2O3/c1-19-10-15-26(20(2)16-19)28(24-8-6-5-7-9-24)29(32)30-17-23-11-13-25(14-12-23)33-18-27-21(3)31-34-22(27)4/h5-16,28H,17-18H2,1-4H3,(H,30,32). The first-order chi connectivity index (χ1) is 16.4. The van der Waals surface area contributed by atoms with Crippen molar-refractivity contribution in [1.29, 1.82) is 0 Å². The number of amides is 1. The number of ether oxygens (including phenoxy) is 1. The van der Waals surface area contributed by atoms with Crippen LogP contribution in [-0.4, -0.2) is 11.1 Å². The first kappa shape index (κ1) is 23.3. The molecule has 0 aliphatic rings. The second-order valence-electron chi connectivity index (χ2n) is 8.66. The Bertz CT molecular complexity index is 1240. The maximum Gasteiger partial charge on any atom is 0.232 e. The number of hydrogen-bond donors (Lipinski definition) is 1. The predicted octanol–water partition coefficient (Wildman–Crippen LogP) is 5.94. The molecule has 34 heavy (non-hydrogen) atoms. The van der Waals surface area contributed by atoms with Crippen LogP contribution in [0, 0.1) is 27.7 Å². The molecule has 174 valence electrons. The van der Waals surface area contributed by atoms with E-state index in [1.807, 2.05) is 68.4 Å². The summed E-state index contributed by atoms with van der Waals surface area (Å²) in [7, 11) is 0. The molecule has 0 spiro atoms. The molecule has 0 radical (unpaired) electrons. The highest BCUT2D eigenvalue weighted by Gasteiger charge is 2.24. The Morgan fingerprint density at radius 3 is 2.35 bits per heavy atom. The van der Waals surface area contributed by atoms with Crippen LogP contribution >= 0.6 is 0 Å². The molecular weight excluding hydrogens is 424 g/mol. The molecule has 1 unspecified atom stereocenters. The van der Waals surface area contributed by atoms with Gasteiger partial charge in [-0.05, 0) is 62.1 Å². The molecule has 0 saturated heterocycles. The van der Waals surface area contributed by atoms with Gasteiger partial charge in [-0.1, -0.05) is 71.4 Å². The second-order valence-corrected chi connectivity index (χ2v) is 8.66. The van der Waals surface area contributed by atoms with Crippen molar-refractivity contribution in [3.05, 3.63) is 118 Å². The summed E-state index contributed by atoms with van der Waals surface area (Å²) < 4.78 is 11.1. The van der Waals surface area contributed by atoms with Crippen LogP contribution in [0.5, 0.6) is 5.75 Å². The second kappa shape index (κ2) is 10.4. The number of carbonyl (C=O) groups excluding carboxylic acids is 1. The molecule has 5 nitrogen and oxygen atoms in total. The van der Waals surface area contributed by atoms with Gasteiger partial charge >= 0.3 is 0 Å². The average molecular weight is 455 g/mol. The van der Waals surface area contributed by atoms with Crippen molar-refractivity contribution >= 4 is 5.91 Å². The summed E-state index contributed by atoms with van der Waals surface area (Å²) in [5.41, 5.74) is 7.12. The van der Waals surface area contributed by atoms with E-state index in [0.29, 0.717) is 13.2 Å². The number of aromatic nitrogens is 1. The molecule has 5 heteroatoms. The lowest BCUT2D eigenvalue weighted by Crippen LogP contribution is -2.30. The number of aryl methyl sites for hydroxylation is 4. The molecule has 0 saturated carbocycles. The zero-order valence-corrected chi connectivity index (χ0v) is 20.1. The number of carbonyl (C=O) groups is 1. The molecule has 0 fully saturated rings. The summed E-state index contributed by atoms with van der Waals surface area (Å²) in [5.74, 6) is 1.15. The van der Waals surface area contributed by atoms with E-state index in [4.69, 9.17) is 9.26 Å². The molecular formula is C29H30N2O3. The third-order valence-corrected chi connectivity index (χ3v) is 6.09. The van der Waals surface area contributed by atoms with Gasteiger partial charge in [-0.3, -0.25) is 4.79 Å². The summed E-state index contributed by atoms with van der Waals surface area (Å²) in [6, 6.07) is 24.0. The van der Waals surface area contributed by atoms with Crippen LogP contribution in [0.3, 0.4) is 0 Å². The van der Waals surface area contributed by atoms with Gasteiger partial charge < -0.3 is 14.6 Å². The van der Waals surface area contributed by atoms with Gasteiger partial charge in [-0.15, -0.1) is 0 Å². The third-order valence-electron chi connectivity index (χ3n) is 6.09. The normalized spacial score (nSPS) is 11.8. The van der Waals surface area contributed by atoms with Gasteiger partial charge in [-0.25, -0.2) is 0 Å². The topological polar surface area (TPSA) is 64.4 Å². The highest BCUT2D eigenvalue weighted by Crippen LogP contribution is 2.28. The minimum Gasteiger partial charge on any atom is -0.489 e. The number of benzene rings is 3. The van der Waals surface area contributed by atoms with Gasteiger partial charge in [0.1, 0.15) is 18.1 Å². The lowest BCUT2D eigenvalue weighted by Gasteiger charge is -2.20. The van der Waals surface area contributed by atoms with Crippen LogP contribution in [0.25, 0.3) is 0 Å². The molecule has 4 aromatic rings. The zero-order valence-electron chi connectivity index (χ0n) is 20.1. The van der Waals surface area contributed by atoms with Crippen molar-refractivity contribution in [3.63, 3.8) is 0 Å². The average Bonchev–Trinajstić information content (AvgIpc) is 3.16. The van der Waals surface area contributed by atoms with E-state index < -0.39 is 0 Å². The Kier molecular flexibility index (Phi) is 7.12. The number of nitrogens with one attached hydrogen (secondary N) is 1. The maximum atomic E-state index is 13.4. The van der Waals surface area contributed by atoms with E-state index >= 15 is 0 Å². The molecule has 0 bridgehead atoms. The fraction of sp³-hybridized carbons (Fsp3) is 0.241. The summed E-state index contributed by atoms with van der Waals surface area (Å²) in [6.07, 6.45) is 0. The Hall–Kier alpha value is -3.86. The van der Waals surface area contributed by atoms with Crippen LogP contribution in [0.15, 0.2) is 77.3 Å². The molecule has 1 amide bonds. The van der Waals surface area contributed by atoms with Gasteiger partial charge in [-0.2, -0.15) is 0 Å². The zero-order chi connectivity index (χ0) is 24.1. The van der Waals surface area contributed by atoms with Crippen LogP contribution in [0.1, 0.15) is 50.8 Å². The van der Waals surface area contributed by atoms with E-state index in [-0.39, 0.29) is 11.8 Å². The van der Waals surface area contributed by atoms with Crippen molar-refractivity contribution in [3.8, 4) is 5.75 Å². The molecule has 3 aromatic carbocycles. The number of hydrogen-bond acceptors (Lipinski definition) is 4. The van der Waals surface area contributed by atoms with E-state index in [0.717, 1.165) is 45.0 Å². The van der Waals surface area contributed by atoms with Crippen LogP contribution in [-0.2, 0) is 17.9 Å². The first-order valence-corrected chi connectivity index (χ1v) is 11.5. The first-order valence-electron chi connectivity index (χ1n) is 11.5. The molecule has 0 aliphatic heterocycles. The quantitative estimate of drug-likeness (QED) is 0.358. The molecule has 4 rings (SSSR count). The summed E-state index contributed by atoms with van der Waals surface area (Å²) in [6.45, 7) is 8.76. The third kappa shape index (κ3) is 5.37. The predicted molar refractivity (Wildman–Crippen MR) is 133 cm³/mol. The lowest BCUT2D eigenvalue weighted by atomic mass is 9.87. The van der Waals surface area contributed by atoms with Gasteiger partial charge in [0.2, 0.25) is 5.91 Å². The van der Waals surface area contributed by atoms with Crippen LogP contribution in [0.2, 0.25) is 0 Å². The Morgan fingerprint density at radius 1 is 0.971 bits per heavy atom. The largest absolute Gasteiger partial charge is 0.489 e. The highest BCUT2D eigenvalue weighted by molar-refractivity contribution is 5.87. The Labute approximate surface area is 200 Å². The Balaban J connectivity index is 1.43. The molecule has 0 aliphatic carbocycles. The van der Waals surface area contributed by atoms with E-state index in [9.17, 15) is 4.79 Å². The van der Waals surface area contributed by atoms with Gasteiger partial charge in [0.25, 0.3) is 0 Å². The molecule has 1 aromatic heterocycles. The van der Waals surface area contributed by atoms with E-state index in [2.05, 4.69) is 42.5 Å². The van der Waals surface area contributed by atoms with Crippen molar-refractivity contribution in [2.45, 2.75) is 46.8 Å². The van der Waals surface area contributed by atoms with Crippen molar-refractivity contribution in [2.24, 2.45) is 0 Å². The maximum absolute atomic E-state index is 13.4. The van der Waals surface area contributed by atoms with Crippen molar-refractivity contribution in [1.82, 2.24) is 10.5 Å². The number of nitrogens with zero attached hydrogens (tertiary/aromatic N) is 1. The van der Waals surface area contributed by atoms with Crippen molar-refractivity contribution in [2.75, 3.05) is 0 Å². The number of rotatable bonds is 8. The fourth-order valence-corrected chi connectivity index (χ4v) is 4.13. The summed E-state index contributed by atoms with van der Waals surface area (Å²) in [5, 5.41) is 7.08. The van der Waals surface area contributed by atoms with Gasteiger partial charge in [0.05, 0.1) is 17.2 Å². The highest BCUT2D eigenvalue weighted by atomic mass is 16.5. The van der Waals surface area contributed by atoms with E-state index in [1.54, 1.807) is 0 Å². The molecule has 1 heterocycles. The summed E-state index contributed by atoms with van der Waals surface area (Å²) in [4.78, 5) is 13.4. The monoisotopic (exact) mass is 454 g/mol. The lowest BCUT2D eigenvalue weighted by molar-refractivity contribution is -0.121.